The molecule has 2 N–H and O–H groups in total. The molecule has 6 heteroatoms. The van der Waals surface area contributed by atoms with E-state index in [0.717, 1.165) is 22.8 Å². The van der Waals surface area contributed by atoms with Crippen molar-refractivity contribution in [3.63, 3.8) is 0 Å². The standard InChI is InChI=1S/C19H23N5O/c1-12-5-6-16(9-13(12)2)17-10-18(23-22-17)19(25)20-7-8-24-14(3)11-21-15(24)4/h5-6,9-11H,7-8H2,1-4H3,(H,20,25)(H,22,23). The molecule has 0 fully saturated rings. The lowest BCUT2D eigenvalue weighted by Crippen LogP contribution is -2.28. The second-order valence-corrected chi connectivity index (χ2v) is 6.32. The summed E-state index contributed by atoms with van der Waals surface area (Å²) < 4.78 is 2.08. The third kappa shape index (κ3) is 3.63. The van der Waals surface area contributed by atoms with E-state index in [0.29, 0.717) is 18.8 Å². The lowest BCUT2D eigenvalue weighted by Gasteiger charge is -2.08. The van der Waals surface area contributed by atoms with Crippen molar-refractivity contribution < 1.29 is 4.79 Å². The summed E-state index contributed by atoms with van der Waals surface area (Å²) in [6, 6.07) is 7.95. The molecule has 2 aromatic heterocycles. The Morgan fingerprint density at radius 3 is 2.64 bits per heavy atom. The number of aromatic amines is 1. The van der Waals surface area contributed by atoms with E-state index in [1.807, 2.05) is 26.1 Å². The Morgan fingerprint density at radius 2 is 1.96 bits per heavy atom. The quantitative estimate of drug-likeness (QED) is 0.751. The minimum absolute atomic E-state index is 0.155. The number of H-pyrrole nitrogens is 1. The fourth-order valence-electron chi connectivity index (χ4n) is 2.78. The maximum absolute atomic E-state index is 12.3. The Morgan fingerprint density at radius 1 is 1.16 bits per heavy atom. The average Bonchev–Trinajstić information content (AvgIpc) is 3.19. The van der Waals surface area contributed by atoms with E-state index in [2.05, 4.69) is 51.0 Å². The normalized spacial score (nSPS) is 10.9. The molecule has 0 atom stereocenters. The number of hydrogen-bond donors (Lipinski definition) is 2. The van der Waals surface area contributed by atoms with Gasteiger partial charge in [-0.3, -0.25) is 9.89 Å². The van der Waals surface area contributed by atoms with Crippen LogP contribution in [0.2, 0.25) is 0 Å². The predicted octanol–water partition coefficient (Wildman–Crippen LogP) is 2.94. The first-order valence-electron chi connectivity index (χ1n) is 8.35. The summed E-state index contributed by atoms with van der Waals surface area (Å²) in [5.41, 5.74) is 5.77. The molecule has 0 aliphatic rings. The highest BCUT2D eigenvalue weighted by Gasteiger charge is 2.11. The molecule has 0 bridgehead atoms. The molecule has 0 aliphatic heterocycles. The SMILES string of the molecule is Cc1ccc(-c2cc(C(=O)NCCn3c(C)cnc3C)[nH]n2)cc1C. The van der Waals surface area contributed by atoms with Gasteiger partial charge in [0.1, 0.15) is 11.5 Å². The molecule has 2 heterocycles. The minimum Gasteiger partial charge on any atom is -0.349 e. The zero-order valence-corrected chi connectivity index (χ0v) is 15.1. The summed E-state index contributed by atoms with van der Waals surface area (Å²) in [6.07, 6.45) is 1.84. The van der Waals surface area contributed by atoms with Gasteiger partial charge in [-0.25, -0.2) is 4.98 Å². The topological polar surface area (TPSA) is 75.6 Å². The van der Waals surface area contributed by atoms with E-state index in [1.165, 1.54) is 11.1 Å². The van der Waals surface area contributed by atoms with Crippen molar-refractivity contribution in [2.45, 2.75) is 34.2 Å². The highest BCUT2D eigenvalue weighted by molar-refractivity contribution is 5.93. The summed E-state index contributed by atoms with van der Waals surface area (Å²) in [5, 5.41) is 10.0. The zero-order chi connectivity index (χ0) is 18.0. The van der Waals surface area contributed by atoms with Crippen molar-refractivity contribution in [2.24, 2.45) is 0 Å². The first-order chi connectivity index (χ1) is 12.0. The molecule has 130 valence electrons. The molecular formula is C19H23N5O. The molecule has 1 amide bonds. The van der Waals surface area contributed by atoms with E-state index in [-0.39, 0.29) is 5.91 Å². The van der Waals surface area contributed by atoms with E-state index in [4.69, 9.17) is 0 Å². The lowest BCUT2D eigenvalue weighted by atomic mass is 10.0. The van der Waals surface area contributed by atoms with E-state index in [1.54, 1.807) is 6.07 Å². The smallest absolute Gasteiger partial charge is 0.269 e. The van der Waals surface area contributed by atoms with Crippen LogP contribution in [0.3, 0.4) is 0 Å². The summed E-state index contributed by atoms with van der Waals surface area (Å²) in [6.45, 7) is 9.34. The predicted molar refractivity (Wildman–Crippen MR) is 97.5 cm³/mol. The van der Waals surface area contributed by atoms with Crippen LogP contribution in [0, 0.1) is 27.7 Å². The van der Waals surface area contributed by atoms with Crippen LogP contribution >= 0.6 is 0 Å². The molecule has 3 rings (SSSR count). The van der Waals surface area contributed by atoms with Crippen LogP contribution in [0.5, 0.6) is 0 Å². The number of benzene rings is 1. The fraction of sp³-hybridized carbons (Fsp3) is 0.316. The zero-order valence-electron chi connectivity index (χ0n) is 15.1. The number of carbonyl (C=O) groups is 1. The summed E-state index contributed by atoms with van der Waals surface area (Å²) >= 11 is 0. The van der Waals surface area contributed by atoms with Gasteiger partial charge in [0.2, 0.25) is 0 Å². The maximum atomic E-state index is 12.3. The average molecular weight is 337 g/mol. The van der Waals surface area contributed by atoms with Gasteiger partial charge in [-0.05, 0) is 51.0 Å². The number of amides is 1. The number of imidazole rings is 1. The molecule has 0 aliphatic carbocycles. The Hall–Kier alpha value is -2.89. The molecule has 0 saturated carbocycles. The molecular weight excluding hydrogens is 314 g/mol. The van der Waals surface area contributed by atoms with E-state index in [9.17, 15) is 4.79 Å². The Bertz CT molecular complexity index is 887. The van der Waals surface area contributed by atoms with Crippen LogP contribution in [0.1, 0.15) is 33.1 Å². The van der Waals surface area contributed by atoms with Crippen LogP contribution in [0.15, 0.2) is 30.5 Å². The van der Waals surface area contributed by atoms with Crippen molar-refractivity contribution in [1.29, 1.82) is 0 Å². The Kier molecular flexibility index (Phi) is 4.70. The van der Waals surface area contributed by atoms with Crippen molar-refractivity contribution in [3.8, 4) is 11.3 Å². The molecule has 0 spiro atoms. The lowest BCUT2D eigenvalue weighted by molar-refractivity contribution is 0.0947. The van der Waals surface area contributed by atoms with Crippen LogP contribution in [-0.2, 0) is 6.54 Å². The van der Waals surface area contributed by atoms with Crippen LogP contribution in [0.25, 0.3) is 11.3 Å². The molecule has 0 unspecified atom stereocenters. The molecule has 0 saturated heterocycles. The molecule has 1 aromatic carbocycles. The number of aromatic nitrogens is 4. The third-order valence-electron chi connectivity index (χ3n) is 4.50. The van der Waals surface area contributed by atoms with Crippen LogP contribution in [0.4, 0.5) is 0 Å². The molecule has 6 nitrogen and oxygen atoms in total. The number of aryl methyl sites for hydroxylation is 4. The summed E-state index contributed by atoms with van der Waals surface area (Å²) in [4.78, 5) is 16.6. The number of hydrogen-bond acceptors (Lipinski definition) is 3. The van der Waals surface area contributed by atoms with Gasteiger partial charge in [-0.2, -0.15) is 5.10 Å². The van der Waals surface area contributed by atoms with Gasteiger partial charge >= 0.3 is 0 Å². The summed E-state index contributed by atoms with van der Waals surface area (Å²) in [5.74, 6) is 0.795. The van der Waals surface area contributed by atoms with Gasteiger partial charge in [-0.1, -0.05) is 12.1 Å². The number of rotatable bonds is 5. The van der Waals surface area contributed by atoms with Gasteiger partial charge in [0.05, 0.1) is 5.69 Å². The first kappa shape index (κ1) is 17.0. The van der Waals surface area contributed by atoms with Crippen molar-refractivity contribution >= 4 is 5.91 Å². The largest absolute Gasteiger partial charge is 0.349 e. The third-order valence-corrected chi connectivity index (χ3v) is 4.50. The van der Waals surface area contributed by atoms with Gasteiger partial charge < -0.3 is 9.88 Å². The van der Waals surface area contributed by atoms with Crippen molar-refractivity contribution in [2.75, 3.05) is 6.54 Å². The monoisotopic (exact) mass is 337 g/mol. The minimum atomic E-state index is -0.155. The van der Waals surface area contributed by atoms with Gasteiger partial charge in [0, 0.05) is 30.5 Å². The van der Waals surface area contributed by atoms with Crippen LogP contribution in [-0.4, -0.2) is 32.2 Å². The van der Waals surface area contributed by atoms with Crippen molar-refractivity contribution in [1.82, 2.24) is 25.1 Å². The van der Waals surface area contributed by atoms with Crippen molar-refractivity contribution in [3.05, 3.63) is 58.8 Å². The molecule has 3 aromatic rings. The van der Waals surface area contributed by atoms with Gasteiger partial charge in [0.25, 0.3) is 5.91 Å². The van der Waals surface area contributed by atoms with Crippen LogP contribution < -0.4 is 5.32 Å². The fourth-order valence-corrected chi connectivity index (χ4v) is 2.78. The summed E-state index contributed by atoms with van der Waals surface area (Å²) in [7, 11) is 0. The Labute approximate surface area is 147 Å². The Balaban J connectivity index is 1.63. The maximum Gasteiger partial charge on any atom is 0.269 e. The number of nitrogens with zero attached hydrogens (tertiary/aromatic N) is 3. The molecule has 25 heavy (non-hydrogen) atoms. The molecule has 0 radical (unpaired) electrons. The number of nitrogens with one attached hydrogen (secondary N) is 2. The van der Waals surface area contributed by atoms with Gasteiger partial charge in [0.15, 0.2) is 0 Å². The second-order valence-electron chi connectivity index (χ2n) is 6.32. The number of carbonyl (C=O) groups excluding carboxylic acids is 1. The highest BCUT2D eigenvalue weighted by atomic mass is 16.1. The van der Waals surface area contributed by atoms with E-state index >= 15 is 0 Å². The first-order valence-corrected chi connectivity index (χ1v) is 8.35. The van der Waals surface area contributed by atoms with Gasteiger partial charge in [-0.15, -0.1) is 0 Å². The highest BCUT2D eigenvalue weighted by Crippen LogP contribution is 2.20. The van der Waals surface area contributed by atoms with E-state index < -0.39 is 0 Å². The second kappa shape index (κ2) is 6.93.